The molecule has 1 saturated carbocycles. The Labute approximate surface area is 66.6 Å². The van der Waals surface area contributed by atoms with Gasteiger partial charge in [-0.05, 0) is 31.6 Å². The van der Waals surface area contributed by atoms with E-state index in [0.29, 0.717) is 5.92 Å². The molecule has 0 aromatic rings. The summed E-state index contributed by atoms with van der Waals surface area (Å²) in [5.41, 5.74) is 1.03. The van der Waals surface area contributed by atoms with Crippen LogP contribution in [0.2, 0.25) is 0 Å². The molecule has 2 atom stereocenters. The minimum Gasteiger partial charge on any atom is -0.411 e. The van der Waals surface area contributed by atoms with Gasteiger partial charge in [0.2, 0.25) is 0 Å². The van der Waals surface area contributed by atoms with Gasteiger partial charge < -0.3 is 5.21 Å². The molecule has 11 heavy (non-hydrogen) atoms. The lowest BCUT2D eigenvalue weighted by Crippen LogP contribution is -2.16. The zero-order valence-corrected chi connectivity index (χ0v) is 6.53. The van der Waals surface area contributed by atoms with Crippen LogP contribution in [0.3, 0.4) is 0 Å². The summed E-state index contributed by atoms with van der Waals surface area (Å²) < 4.78 is 0. The van der Waals surface area contributed by atoms with E-state index in [9.17, 15) is 0 Å². The second-order valence-electron chi connectivity index (χ2n) is 3.44. The summed E-state index contributed by atoms with van der Waals surface area (Å²) >= 11 is 0. The van der Waals surface area contributed by atoms with Crippen LogP contribution >= 0.6 is 0 Å². The topological polar surface area (TPSA) is 32.6 Å². The molecular weight excluding hydrogens is 138 g/mol. The zero-order valence-electron chi connectivity index (χ0n) is 6.53. The molecular formula is C9H13NO. The smallest absolute Gasteiger partial charge is 0.0607 e. The monoisotopic (exact) mass is 151 g/mol. The maximum Gasteiger partial charge on any atom is 0.0607 e. The van der Waals surface area contributed by atoms with Crippen LogP contribution in [-0.2, 0) is 0 Å². The highest BCUT2D eigenvalue weighted by Crippen LogP contribution is 2.37. The van der Waals surface area contributed by atoms with Gasteiger partial charge in [-0.15, -0.1) is 0 Å². The van der Waals surface area contributed by atoms with Gasteiger partial charge in [0.05, 0.1) is 5.71 Å². The third-order valence-electron chi connectivity index (χ3n) is 2.89. The third kappa shape index (κ3) is 1.06. The predicted molar refractivity (Wildman–Crippen MR) is 43.8 cm³/mol. The van der Waals surface area contributed by atoms with Crippen molar-refractivity contribution in [2.75, 3.05) is 0 Å². The highest BCUT2D eigenvalue weighted by molar-refractivity contribution is 5.88. The zero-order chi connectivity index (χ0) is 7.68. The average Bonchev–Trinajstić information content (AvgIpc) is 2.47. The van der Waals surface area contributed by atoms with Gasteiger partial charge in [0.1, 0.15) is 0 Å². The number of nitrogens with zero attached hydrogens (tertiary/aromatic N) is 1. The molecule has 0 aromatic carbocycles. The van der Waals surface area contributed by atoms with Crippen molar-refractivity contribution in [3.8, 4) is 0 Å². The Kier molecular flexibility index (Phi) is 1.68. The van der Waals surface area contributed by atoms with Crippen LogP contribution in [0, 0.1) is 11.8 Å². The summed E-state index contributed by atoms with van der Waals surface area (Å²) in [6.45, 7) is 0. The van der Waals surface area contributed by atoms with Crippen molar-refractivity contribution in [3.05, 3.63) is 12.2 Å². The van der Waals surface area contributed by atoms with Crippen molar-refractivity contribution in [3.63, 3.8) is 0 Å². The first-order valence-corrected chi connectivity index (χ1v) is 4.27. The van der Waals surface area contributed by atoms with Gasteiger partial charge in [0, 0.05) is 5.92 Å². The summed E-state index contributed by atoms with van der Waals surface area (Å²) in [6.07, 6.45) is 8.95. The Bertz CT molecular complexity index is 208. The van der Waals surface area contributed by atoms with E-state index < -0.39 is 0 Å². The fourth-order valence-electron chi connectivity index (χ4n) is 2.24. The van der Waals surface area contributed by atoms with Crippen molar-refractivity contribution in [2.45, 2.75) is 25.7 Å². The van der Waals surface area contributed by atoms with Gasteiger partial charge in [-0.1, -0.05) is 17.3 Å². The predicted octanol–water partition coefficient (Wildman–Crippen LogP) is 2.19. The van der Waals surface area contributed by atoms with Gasteiger partial charge in [-0.2, -0.15) is 0 Å². The highest BCUT2D eigenvalue weighted by Gasteiger charge is 2.32. The number of hydrogen-bond acceptors (Lipinski definition) is 2. The molecule has 0 bridgehead atoms. The van der Waals surface area contributed by atoms with E-state index >= 15 is 0 Å². The SMILES string of the molecule is ON=C1CC[C@H]2CC=CC[C@@H]12. The van der Waals surface area contributed by atoms with Crippen molar-refractivity contribution in [2.24, 2.45) is 17.0 Å². The Morgan fingerprint density at radius 3 is 3.00 bits per heavy atom. The van der Waals surface area contributed by atoms with Crippen LogP contribution in [-0.4, -0.2) is 10.9 Å². The minimum atomic E-state index is 0.560. The first-order valence-electron chi connectivity index (χ1n) is 4.27. The molecule has 2 aliphatic rings. The van der Waals surface area contributed by atoms with Gasteiger partial charge in [0.15, 0.2) is 0 Å². The van der Waals surface area contributed by atoms with Gasteiger partial charge in [0.25, 0.3) is 0 Å². The second-order valence-corrected chi connectivity index (χ2v) is 3.44. The summed E-state index contributed by atoms with van der Waals surface area (Å²) in [4.78, 5) is 0. The summed E-state index contributed by atoms with van der Waals surface area (Å²) in [7, 11) is 0. The first-order chi connectivity index (χ1) is 5.42. The third-order valence-corrected chi connectivity index (χ3v) is 2.89. The van der Waals surface area contributed by atoms with E-state index in [4.69, 9.17) is 5.21 Å². The van der Waals surface area contributed by atoms with Crippen LogP contribution in [0.5, 0.6) is 0 Å². The molecule has 0 unspecified atom stereocenters. The van der Waals surface area contributed by atoms with Crippen molar-refractivity contribution in [1.82, 2.24) is 0 Å². The van der Waals surface area contributed by atoms with Gasteiger partial charge >= 0.3 is 0 Å². The fraction of sp³-hybridized carbons (Fsp3) is 0.667. The van der Waals surface area contributed by atoms with Gasteiger partial charge in [-0.25, -0.2) is 0 Å². The first kappa shape index (κ1) is 6.89. The van der Waals surface area contributed by atoms with E-state index in [1.54, 1.807) is 0 Å². The number of rotatable bonds is 0. The molecule has 2 aliphatic carbocycles. The molecule has 0 amide bonds. The van der Waals surface area contributed by atoms with E-state index in [2.05, 4.69) is 17.3 Å². The molecule has 2 nitrogen and oxygen atoms in total. The molecule has 0 spiro atoms. The van der Waals surface area contributed by atoms with Crippen LogP contribution < -0.4 is 0 Å². The Balaban J connectivity index is 2.17. The van der Waals surface area contributed by atoms with E-state index in [0.717, 1.165) is 24.5 Å². The molecule has 0 heterocycles. The molecule has 0 aromatic heterocycles. The number of allylic oxidation sites excluding steroid dienone is 2. The normalized spacial score (nSPS) is 39.5. The maximum absolute atomic E-state index is 8.67. The molecule has 1 fully saturated rings. The van der Waals surface area contributed by atoms with Crippen LogP contribution in [0.4, 0.5) is 0 Å². The molecule has 60 valence electrons. The second kappa shape index (κ2) is 2.68. The molecule has 0 saturated heterocycles. The van der Waals surface area contributed by atoms with E-state index in [-0.39, 0.29) is 0 Å². The maximum atomic E-state index is 8.67. The summed E-state index contributed by atoms with van der Waals surface area (Å²) in [5.74, 6) is 1.33. The standard InChI is InChI=1S/C9H13NO/c11-10-9-6-5-7-3-1-2-4-8(7)9/h1-2,7-8,11H,3-6H2/t7-,8-/m1/s1. The lowest BCUT2D eigenvalue weighted by Gasteiger charge is -2.19. The lowest BCUT2D eigenvalue weighted by molar-refractivity contribution is 0.312. The average molecular weight is 151 g/mol. The van der Waals surface area contributed by atoms with Crippen LogP contribution in [0.15, 0.2) is 17.3 Å². The fourth-order valence-corrected chi connectivity index (χ4v) is 2.24. The molecule has 1 N–H and O–H groups in total. The lowest BCUT2D eigenvalue weighted by atomic mass is 9.85. The van der Waals surface area contributed by atoms with Crippen molar-refractivity contribution >= 4 is 5.71 Å². The summed E-state index contributed by atoms with van der Waals surface area (Å²) in [5, 5.41) is 12.0. The molecule has 0 aliphatic heterocycles. The number of hydrogen-bond donors (Lipinski definition) is 1. The number of oxime groups is 1. The van der Waals surface area contributed by atoms with E-state index in [1.165, 1.54) is 12.8 Å². The molecule has 0 radical (unpaired) electrons. The van der Waals surface area contributed by atoms with Crippen LogP contribution in [0.1, 0.15) is 25.7 Å². The highest BCUT2D eigenvalue weighted by atomic mass is 16.4. The quantitative estimate of drug-likeness (QED) is 0.321. The Morgan fingerprint density at radius 1 is 1.36 bits per heavy atom. The molecule has 2 rings (SSSR count). The largest absolute Gasteiger partial charge is 0.411 e. The molecule has 2 heteroatoms. The van der Waals surface area contributed by atoms with E-state index in [1.807, 2.05) is 0 Å². The Hall–Kier alpha value is -0.790. The van der Waals surface area contributed by atoms with Crippen molar-refractivity contribution < 1.29 is 5.21 Å². The minimum absolute atomic E-state index is 0.560. The van der Waals surface area contributed by atoms with Gasteiger partial charge in [-0.3, -0.25) is 0 Å². The summed E-state index contributed by atoms with van der Waals surface area (Å²) in [6, 6.07) is 0. The van der Waals surface area contributed by atoms with Crippen LogP contribution in [0.25, 0.3) is 0 Å². The Morgan fingerprint density at radius 2 is 2.18 bits per heavy atom. The number of fused-ring (bicyclic) bond motifs is 1. The van der Waals surface area contributed by atoms with Crippen molar-refractivity contribution in [1.29, 1.82) is 0 Å².